The van der Waals surface area contributed by atoms with Crippen molar-refractivity contribution in [1.82, 2.24) is 9.80 Å². The molecule has 148 valence electrons. The lowest BCUT2D eigenvalue weighted by Gasteiger charge is -2.34. The summed E-state index contributed by atoms with van der Waals surface area (Å²) in [5.41, 5.74) is 2.95. The largest absolute Gasteiger partial charge is 0.480 e. The van der Waals surface area contributed by atoms with Crippen LogP contribution in [0.4, 0.5) is 10.5 Å². The van der Waals surface area contributed by atoms with E-state index < -0.39 is 5.97 Å². The number of carbonyl (C=O) groups excluding carboxylic acids is 1. The first kappa shape index (κ1) is 19.9. The number of benzene rings is 2. The van der Waals surface area contributed by atoms with Crippen LogP contribution >= 0.6 is 0 Å². The lowest BCUT2D eigenvalue weighted by molar-refractivity contribution is -0.138. The number of morpholine rings is 1. The first-order valence-corrected chi connectivity index (χ1v) is 9.24. The van der Waals surface area contributed by atoms with E-state index in [2.05, 4.69) is 5.32 Å². The van der Waals surface area contributed by atoms with Crippen LogP contribution < -0.4 is 5.32 Å². The number of anilines is 1. The van der Waals surface area contributed by atoms with Crippen LogP contribution in [-0.2, 0) is 9.53 Å². The molecule has 0 saturated carbocycles. The number of carbonyl (C=O) groups is 2. The van der Waals surface area contributed by atoms with Crippen molar-refractivity contribution in [2.24, 2.45) is 0 Å². The molecule has 0 bridgehead atoms. The van der Waals surface area contributed by atoms with E-state index in [4.69, 9.17) is 9.84 Å². The number of hydrogen-bond acceptors (Lipinski definition) is 4. The molecule has 2 aromatic carbocycles. The van der Waals surface area contributed by atoms with Gasteiger partial charge in [0.25, 0.3) is 0 Å². The SMILES string of the molecule is CN(CC(=O)O)CC1CN(C(=O)Nc2ccc(-c3ccccc3)cc2)CCO1. The Morgan fingerprint density at radius 3 is 2.50 bits per heavy atom. The van der Waals surface area contributed by atoms with Crippen molar-refractivity contribution < 1.29 is 19.4 Å². The number of carboxylic acid groups (broad SMARTS) is 1. The summed E-state index contributed by atoms with van der Waals surface area (Å²) in [4.78, 5) is 26.7. The molecule has 1 heterocycles. The number of hydrogen-bond donors (Lipinski definition) is 2. The third-order valence-electron chi connectivity index (χ3n) is 4.59. The number of likely N-dealkylation sites (N-methyl/N-ethyl adjacent to an activating group) is 1. The van der Waals surface area contributed by atoms with Crippen LogP contribution in [-0.4, -0.2) is 72.8 Å². The normalized spacial score (nSPS) is 16.8. The molecule has 7 nitrogen and oxygen atoms in total. The first-order valence-electron chi connectivity index (χ1n) is 9.24. The Bertz CT molecular complexity index is 795. The third-order valence-corrected chi connectivity index (χ3v) is 4.59. The smallest absolute Gasteiger partial charge is 0.322 e. The number of ether oxygens (including phenoxy) is 1. The second-order valence-electron chi connectivity index (χ2n) is 6.90. The molecule has 2 amide bonds. The van der Waals surface area contributed by atoms with Crippen molar-refractivity contribution in [1.29, 1.82) is 0 Å². The van der Waals surface area contributed by atoms with Crippen molar-refractivity contribution in [2.75, 3.05) is 45.2 Å². The van der Waals surface area contributed by atoms with Crippen LogP contribution in [0.2, 0.25) is 0 Å². The highest BCUT2D eigenvalue weighted by atomic mass is 16.5. The summed E-state index contributed by atoms with van der Waals surface area (Å²) in [7, 11) is 1.73. The summed E-state index contributed by atoms with van der Waals surface area (Å²) in [5.74, 6) is -0.883. The van der Waals surface area contributed by atoms with E-state index in [-0.39, 0.29) is 18.7 Å². The Kier molecular flexibility index (Phi) is 6.62. The van der Waals surface area contributed by atoms with Crippen LogP contribution in [0.3, 0.4) is 0 Å². The van der Waals surface area contributed by atoms with Crippen molar-refractivity contribution in [3.63, 3.8) is 0 Å². The number of carboxylic acids is 1. The van der Waals surface area contributed by atoms with Gasteiger partial charge in [0.2, 0.25) is 0 Å². The summed E-state index contributed by atoms with van der Waals surface area (Å²) < 4.78 is 5.67. The minimum absolute atomic E-state index is 0.0557. The number of urea groups is 1. The van der Waals surface area contributed by atoms with Gasteiger partial charge in [0.15, 0.2) is 0 Å². The summed E-state index contributed by atoms with van der Waals surface area (Å²) >= 11 is 0. The van der Waals surface area contributed by atoms with E-state index in [0.717, 1.165) is 16.8 Å². The molecule has 1 aliphatic heterocycles. The Morgan fingerprint density at radius 2 is 1.82 bits per heavy atom. The van der Waals surface area contributed by atoms with Gasteiger partial charge in [0, 0.05) is 25.3 Å². The van der Waals surface area contributed by atoms with Gasteiger partial charge in [-0.05, 0) is 30.3 Å². The van der Waals surface area contributed by atoms with Crippen LogP contribution in [0.1, 0.15) is 0 Å². The van der Waals surface area contributed by atoms with Crippen LogP contribution in [0.15, 0.2) is 54.6 Å². The van der Waals surface area contributed by atoms with Crippen LogP contribution in [0, 0.1) is 0 Å². The average Bonchev–Trinajstić information content (AvgIpc) is 2.69. The molecule has 2 N–H and O–H groups in total. The topological polar surface area (TPSA) is 82.1 Å². The van der Waals surface area contributed by atoms with Gasteiger partial charge in [0.1, 0.15) is 0 Å². The number of amides is 2. The maximum atomic E-state index is 12.6. The quantitative estimate of drug-likeness (QED) is 0.801. The van der Waals surface area contributed by atoms with Crippen molar-refractivity contribution in [2.45, 2.75) is 6.10 Å². The fourth-order valence-electron chi connectivity index (χ4n) is 3.24. The van der Waals surface area contributed by atoms with Gasteiger partial charge in [-0.3, -0.25) is 9.69 Å². The minimum atomic E-state index is -0.883. The summed E-state index contributed by atoms with van der Waals surface area (Å²) in [6, 6.07) is 17.6. The van der Waals surface area contributed by atoms with Gasteiger partial charge < -0.3 is 20.1 Å². The predicted molar refractivity (Wildman–Crippen MR) is 107 cm³/mol. The minimum Gasteiger partial charge on any atom is -0.480 e. The Balaban J connectivity index is 1.54. The molecular formula is C21H25N3O4. The summed E-state index contributed by atoms with van der Waals surface area (Å²) in [5, 5.41) is 11.8. The van der Waals surface area contributed by atoms with Gasteiger partial charge >= 0.3 is 12.0 Å². The highest BCUT2D eigenvalue weighted by Gasteiger charge is 2.25. The van der Waals surface area contributed by atoms with Crippen LogP contribution in [0.5, 0.6) is 0 Å². The maximum Gasteiger partial charge on any atom is 0.322 e. The molecule has 0 radical (unpaired) electrons. The molecule has 1 saturated heterocycles. The molecule has 1 fully saturated rings. The third kappa shape index (κ3) is 5.55. The van der Waals surface area contributed by atoms with E-state index in [1.165, 1.54) is 0 Å². The maximum absolute atomic E-state index is 12.6. The molecule has 1 unspecified atom stereocenters. The first-order chi connectivity index (χ1) is 13.5. The molecule has 3 rings (SSSR count). The fraction of sp³-hybridized carbons (Fsp3) is 0.333. The molecule has 1 atom stereocenters. The predicted octanol–water partition coefficient (Wildman–Crippen LogP) is 2.60. The second kappa shape index (κ2) is 9.34. The summed E-state index contributed by atoms with van der Waals surface area (Å²) in [6.07, 6.45) is -0.204. The molecule has 0 spiro atoms. The van der Waals surface area contributed by atoms with Gasteiger partial charge in [-0.25, -0.2) is 4.79 Å². The lowest BCUT2D eigenvalue weighted by atomic mass is 10.1. The number of aliphatic carboxylic acids is 1. The zero-order valence-electron chi connectivity index (χ0n) is 15.9. The van der Waals surface area contributed by atoms with Crippen molar-refractivity contribution in [3.05, 3.63) is 54.6 Å². The molecule has 7 heteroatoms. The second-order valence-corrected chi connectivity index (χ2v) is 6.90. The molecule has 0 aliphatic carbocycles. The van der Waals surface area contributed by atoms with Gasteiger partial charge in [-0.1, -0.05) is 42.5 Å². The molecule has 0 aromatic heterocycles. The number of nitrogens with one attached hydrogen (secondary N) is 1. The highest BCUT2D eigenvalue weighted by Crippen LogP contribution is 2.21. The van der Waals surface area contributed by atoms with E-state index in [1.807, 2.05) is 54.6 Å². The highest BCUT2D eigenvalue weighted by molar-refractivity contribution is 5.89. The van der Waals surface area contributed by atoms with Crippen molar-refractivity contribution >= 4 is 17.7 Å². The standard InChI is InChI=1S/C21H25N3O4/c1-23(15-20(25)26)13-19-14-24(11-12-28-19)21(27)22-18-9-7-17(8-10-18)16-5-3-2-4-6-16/h2-10,19H,11-15H2,1H3,(H,22,27)(H,25,26). The molecule has 28 heavy (non-hydrogen) atoms. The van der Waals surface area contributed by atoms with Gasteiger partial charge in [0.05, 0.1) is 19.3 Å². The van der Waals surface area contributed by atoms with Gasteiger partial charge in [-0.15, -0.1) is 0 Å². The van der Waals surface area contributed by atoms with E-state index in [9.17, 15) is 9.59 Å². The Hall–Kier alpha value is -2.90. The average molecular weight is 383 g/mol. The molecular weight excluding hydrogens is 358 g/mol. The lowest BCUT2D eigenvalue weighted by Crippen LogP contribution is -2.50. The Labute approximate surface area is 164 Å². The monoisotopic (exact) mass is 383 g/mol. The van der Waals surface area contributed by atoms with E-state index in [1.54, 1.807) is 16.8 Å². The van der Waals surface area contributed by atoms with Crippen molar-refractivity contribution in [3.8, 4) is 11.1 Å². The summed E-state index contributed by atoms with van der Waals surface area (Å²) in [6.45, 7) is 1.78. The van der Waals surface area contributed by atoms with Gasteiger partial charge in [-0.2, -0.15) is 0 Å². The zero-order valence-corrected chi connectivity index (χ0v) is 15.9. The molecule has 2 aromatic rings. The number of nitrogens with zero attached hydrogens (tertiary/aromatic N) is 2. The molecule has 1 aliphatic rings. The Morgan fingerprint density at radius 1 is 1.14 bits per heavy atom. The van der Waals surface area contributed by atoms with E-state index in [0.29, 0.717) is 26.2 Å². The number of rotatable bonds is 6. The van der Waals surface area contributed by atoms with Crippen LogP contribution in [0.25, 0.3) is 11.1 Å². The zero-order chi connectivity index (χ0) is 19.9. The fourth-order valence-corrected chi connectivity index (χ4v) is 3.24. The van der Waals surface area contributed by atoms with E-state index >= 15 is 0 Å².